The van der Waals surface area contributed by atoms with Gasteiger partial charge in [0.1, 0.15) is 5.75 Å². The predicted molar refractivity (Wildman–Crippen MR) is 134 cm³/mol. The van der Waals surface area contributed by atoms with E-state index in [4.69, 9.17) is 4.74 Å². The highest BCUT2D eigenvalue weighted by atomic mass is 28.3. The minimum atomic E-state index is -1.81. The fourth-order valence-corrected chi connectivity index (χ4v) is 9.69. The monoisotopic (exact) mass is 462 g/mol. The van der Waals surface area contributed by atoms with Gasteiger partial charge in [0.15, 0.2) is 6.26 Å². The normalized spacial score (nSPS) is 26.0. The molecule has 1 saturated heterocycles. The zero-order chi connectivity index (χ0) is 22.6. The van der Waals surface area contributed by atoms with Gasteiger partial charge in [0.2, 0.25) is 0 Å². The number of hydrogen-bond donors (Lipinski definition) is 0. The van der Waals surface area contributed by atoms with E-state index in [0.717, 1.165) is 11.8 Å². The molecule has 0 N–H and O–H groups in total. The first-order chi connectivity index (χ1) is 15.6. The highest BCUT2D eigenvalue weighted by Gasteiger charge is 2.23. The lowest BCUT2D eigenvalue weighted by Crippen LogP contribution is -2.21. The van der Waals surface area contributed by atoms with Crippen molar-refractivity contribution in [1.29, 1.82) is 0 Å². The molecule has 1 nitrogen and oxygen atoms in total. The molecular formula is C28H44F2OSi. The maximum atomic E-state index is 12.1. The summed E-state index contributed by atoms with van der Waals surface area (Å²) in [5, 5.41) is 0. The Morgan fingerprint density at radius 3 is 2.09 bits per heavy atom. The molecule has 3 rings (SSSR count). The molecule has 0 atom stereocenters. The number of ether oxygens (including phenoxy) is 1. The average molecular weight is 463 g/mol. The van der Waals surface area contributed by atoms with E-state index < -0.39 is 6.08 Å². The van der Waals surface area contributed by atoms with Crippen LogP contribution in [0.3, 0.4) is 0 Å². The van der Waals surface area contributed by atoms with Gasteiger partial charge < -0.3 is 4.74 Å². The number of halogens is 2. The van der Waals surface area contributed by atoms with Gasteiger partial charge in [-0.25, -0.2) is 0 Å². The molecule has 0 bridgehead atoms. The van der Waals surface area contributed by atoms with Crippen molar-refractivity contribution in [3.63, 3.8) is 0 Å². The Morgan fingerprint density at radius 2 is 1.50 bits per heavy atom. The molecule has 0 aromatic heterocycles. The van der Waals surface area contributed by atoms with Crippen molar-refractivity contribution < 1.29 is 13.5 Å². The van der Waals surface area contributed by atoms with E-state index in [0.29, 0.717) is 17.9 Å². The lowest BCUT2D eigenvalue weighted by molar-refractivity contribution is 0.297. The van der Waals surface area contributed by atoms with Crippen LogP contribution < -0.4 is 4.74 Å². The van der Waals surface area contributed by atoms with Crippen molar-refractivity contribution in [3.8, 4) is 5.75 Å². The van der Waals surface area contributed by atoms with Crippen LogP contribution in [0.4, 0.5) is 8.78 Å². The van der Waals surface area contributed by atoms with Crippen LogP contribution in [0.25, 0.3) is 0 Å². The number of benzene rings is 1. The molecule has 4 heteroatoms. The van der Waals surface area contributed by atoms with Crippen molar-refractivity contribution >= 4 is 8.80 Å². The summed E-state index contributed by atoms with van der Waals surface area (Å²) in [6.45, 7) is 2.32. The van der Waals surface area contributed by atoms with Gasteiger partial charge in [-0.1, -0.05) is 95.0 Å². The summed E-state index contributed by atoms with van der Waals surface area (Å²) in [6, 6.07) is 12.6. The van der Waals surface area contributed by atoms with Crippen LogP contribution in [-0.2, 0) is 0 Å². The molecule has 32 heavy (non-hydrogen) atoms. The molecule has 180 valence electrons. The second kappa shape index (κ2) is 14.2. The summed E-state index contributed by atoms with van der Waals surface area (Å²) < 4.78 is 29.2. The van der Waals surface area contributed by atoms with E-state index in [1.165, 1.54) is 76.2 Å². The topological polar surface area (TPSA) is 9.23 Å². The Hall–Kier alpha value is -1.16. The summed E-state index contributed by atoms with van der Waals surface area (Å²) >= 11 is 0. The maximum Gasteiger partial charge on any atom is 0.305 e. The highest BCUT2D eigenvalue weighted by molar-refractivity contribution is 6.58. The van der Waals surface area contributed by atoms with Crippen molar-refractivity contribution in [1.82, 2.24) is 0 Å². The van der Waals surface area contributed by atoms with Crippen molar-refractivity contribution in [2.45, 2.75) is 114 Å². The Morgan fingerprint density at radius 1 is 0.875 bits per heavy atom. The highest BCUT2D eigenvalue weighted by Crippen LogP contribution is 2.38. The Balaban J connectivity index is 1.25. The third-order valence-electron chi connectivity index (χ3n) is 8.14. The second-order valence-electron chi connectivity index (χ2n) is 10.5. The largest absolute Gasteiger partial charge is 0.459 e. The maximum absolute atomic E-state index is 12.1. The molecule has 1 aliphatic carbocycles. The van der Waals surface area contributed by atoms with Gasteiger partial charge in [-0.2, -0.15) is 8.78 Å². The van der Waals surface area contributed by atoms with Crippen LogP contribution in [0.2, 0.25) is 18.1 Å². The summed E-state index contributed by atoms with van der Waals surface area (Å²) in [5.74, 6) is 3.05. The van der Waals surface area contributed by atoms with Gasteiger partial charge in [-0.15, -0.1) is 0 Å². The number of rotatable bonds is 12. The van der Waals surface area contributed by atoms with Gasteiger partial charge >= 0.3 is 6.08 Å². The van der Waals surface area contributed by atoms with E-state index >= 15 is 0 Å². The number of hydrogen-bond acceptors (Lipinski definition) is 1. The first-order valence-electron chi connectivity index (χ1n) is 13.4. The summed E-state index contributed by atoms with van der Waals surface area (Å²) in [5.41, 5.74) is 1.33. The number of unbranched alkanes of at least 4 members (excludes halogenated alkanes) is 3. The molecule has 0 unspecified atom stereocenters. The smallest absolute Gasteiger partial charge is 0.305 e. The molecule has 0 spiro atoms. The molecule has 2 fully saturated rings. The van der Waals surface area contributed by atoms with Crippen molar-refractivity contribution in [3.05, 3.63) is 42.2 Å². The molecule has 1 heterocycles. The molecule has 1 aliphatic heterocycles. The van der Waals surface area contributed by atoms with Crippen molar-refractivity contribution in [2.75, 3.05) is 0 Å². The SMILES string of the molecule is CCCCC[SiH]1CCC(CCCC[C@H]2CC[C@H](c3ccc(OC=C(F)F)cc3)CC2)CC1. The molecule has 1 aromatic carbocycles. The Kier molecular flexibility index (Phi) is 11.3. The van der Waals surface area contributed by atoms with Crippen LogP contribution in [-0.4, -0.2) is 8.80 Å². The molecule has 0 radical (unpaired) electrons. The fourth-order valence-electron chi connectivity index (χ4n) is 6.07. The van der Waals surface area contributed by atoms with Gasteiger partial charge in [0.25, 0.3) is 0 Å². The minimum absolute atomic E-state index is 0.343. The third kappa shape index (κ3) is 9.00. The fraction of sp³-hybridized carbons (Fsp3) is 0.714. The molecular weight excluding hydrogens is 418 g/mol. The van der Waals surface area contributed by atoms with E-state index in [1.54, 1.807) is 31.0 Å². The zero-order valence-corrected chi connectivity index (χ0v) is 21.3. The van der Waals surface area contributed by atoms with E-state index in [1.807, 2.05) is 24.3 Å². The third-order valence-corrected chi connectivity index (χ3v) is 11.7. The molecule has 1 aromatic rings. The second-order valence-corrected chi connectivity index (χ2v) is 13.9. The minimum Gasteiger partial charge on any atom is -0.459 e. The summed E-state index contributed by atoms with van der Waals surface area (Å²) in [4.78, 5) is 0. The summed E-state index contributed by atoms with van der Waals surface area (Å²) in [6.07, 6.45) is 17.1. The summed E-state index contributed by atoms with van der Waals surface area (Å²) in [7, 11) is -0.343. The lowest BCUT2D eigenvalue weighted by Gasteiger charge is -2.30. The van der Waals surface area contributed by atoms with Crippen molar-refractivity contribution in [2.24, 2.45) is 11.8 Å². The Labute approximate surface area is 196 Å². The predicted octanol–water partition coefficient (Wildman–Crippen LogP) is 9.46. The van der Waals surface area contributed by atoms with Crippen LogP contribution in [0.5, 0.6) is 5.75 Å². The van der Waals surface area contributed by atoms with Gasteiger partial charge in [-0.3, -0.25) is 0 Å². The van der Waals surface area contributed by atoms with E-state index in [2.05, 4.69) is 6.92 Å². The lowest BCUT2D eigenvalue weighted by atomic mass is 9.77. The average Bonchev–Trinajstić information content (AvgIpc) is 2.82. The first kappa shape index (κ1) is 25.5. The van der Waals surface area contributed by atoms with Gasteiger partial charge in [-0.05, 0) is 61.1 Å². The quantitative estimate of drug-likeness (QED) is 0.171. The van der Waals surface area contributed by atoms with E-state index in [-0.39, 0.29) is 8.80 Å². The van der Waals surface area contributed by atoms with Crippen LogP contribution >= 0.6 is 0 Å². The van der Waals surface area contributed by atoms with Gasteiger partial charge in [0, 0.05) is 8.80 Å². The first-order valence-corrected chi connectivity index (χ1v) is 15.9. The Bertz CT molecular complexity index is 655. The molecule has 2 aliphatic rings. The standard InChI is InChI=1S/C28H44F2OSi/c1-2-3-6-19-32-20-17-24(18-21-32)8-5-4-7-23-9-11-25(12-10-23)26-13-15-27(16-14-26)31-22-28(29)30/h13-16,22-25,32H,2-12,17-21H2,1H3/t23-,24?,25-,32?. The van der Waals surface area contributed by atoms with Crippen LogP contribution in [0.15, 0.2) is 36.6 Å². The van der Waals surface area contributed by atoms with Gasteiger partial charge in [0.05, 0.1) is 0 Å². The van der Waals surface area contributed by atoms with Crippen LogP contribution in [0, 0.1) is 11.8 Å². The van der Waals surface area contributed by atoms with E-state index in [9.17, 15) is 8.78 Å². The molecule has 0 amide bonds. The van der Waals surface area contributed by atoms with Crippen LogP contribution in [0.1, 0.15) is 102 Å². The molecule has 1 saturated carbocycles. The zero-order valence-electron chi connectivity index (χ0n) is 20.2.